The molecule has 16 heavy (non-hydrogen) atoms. The first kappa shape index (κ1) is 12.7. The van der Waals surface area contributed by atoms with Gasteiger partial charge in [0.2, 0.25) is 11.5 Å². The summed E-state index contributed by atoms with van der Waals surface area (Å²) in [5, 5.41) is 0. The third-order valence-corrected chi connectivity index (χ3v) is 2.32. The molecular formula is C12H18O4. The average molecular weight is 226 g/mol. The van der Waals surface area contributed by atoms with Crippen molar-refractivity contribution in [2.24, 2.45) is 5.92 Å². The first-order chi connectivity index (χ1) is 7.45. The Kier molecular flexibility index (Phi) is 4.10. The van der Waals surface area contributed by atoms with Crippen LogP contribution >= 0.6 is 0 Å². The Labute approximate surface area is 95.6 Å². The molecule has 0 aromatic carbocycles. The lowest BCUT2D eigenvalue weighted by Crippen LogP contribution is -2.19. The van der Waals surface area contributed by atoms with Crippen LogP contribution in [-0.2, 0) is 19.1 Å². The molecule has 4 nitrogen and oxygen atoms in total. The molecule has 1 unspecified atom stereocenters. The van der Waals surface area contributed by atoms with Crippen molar-refractivity contribution in [1.29, 1.82) is 0 Å². The van der Waals surface area contributed by atoms with Crippen LogP contribution in [0.2, 0.25) is 0 Å². The molecule has 0 N–H and O–H groups in total. The van der Waals surface area contributed by atoms with Crippen LogP contribution in [-0.4, -0.2) is 17.9 Å². The molecule has 90 valence electrons. The topological polar surface area (TPSA) is 52.6 Å². The van der Waals surface area contributed by atoms with Gasteiger partial charge in [-0.05, 0) is 19.3 Å². The van der Waals surface area contributed by atoms with Crippen molar-refractivity contribution in [2.75, 3.05) is 0 Å². The van der Waals surface area contributed by atoms with E-state index in [0.29, 0.717) is 18.6 Å². The lowest BCUT2D eigenvalue weighted by atomic mass is 10.1. The van der Waals surface area contributed by atoms with Gasteiger partial charge in [-0.2, -0.15) is 0 Å². The Morgan fingerprint density at radius 3 is 2.56 bits per heavy atom. The Balaban J connectivity index is 2.64. The summed E-state index contributed by atoms with van der Waals surface area (Å²) in [5.74, 6) is 0.106. The van der Waals surface area contributed by atoms with E-state index in [0.717, 1.165) is 0 Å². The second-order valence-electron chi connectivity index (χ2n) is 4.34. The maximum Gasteiger partial charge on any atom is 0.311 e. The van der Waals surface area contributed by atoms with Gasteiger partial charge in [-0.15, -0.1) is 0 Å². The number of rotatable bonds is 4. The zero-order valence-electron chi connectivity index (χ0n) is 10.2. The maximum absolute atomic E-state index is 11.7. The van der Waals surface area contributed by atoms with E-state index in [9.17, 15) is 9.59 Å². The molecule has 0 radical (unpaired) electrons. The fourth-order valence-corrected chi connectivity index (χ4v) is 1.52. The molecule has 0 saturated heterocycles. The first-order valence-corrected chi connectivity index (χ1v) is 5.58. The molecule has 0 bridgehead atoms. The molecule has 4 heteroatoms. The number of hydrogen-bond acceptors (Lipinski definition) is 4. The van der Waals surface area contributed by atoms with Crippen LogP contribution < -0.4 is 0 Å². The van der Waals surface area contributed by atoms with Gasteiger partial charge in [-0.25, -0.2) is 0 Å². The van der Waals surface area contributed by atoms with Gasteiger partial charge >= 0.3 is 5.97 Å². The van der Waals surface area contributed by atoms with E-state index in [4.69, 9.17) is 9.47 Å². The van der Waals surface area contributed by atoms with Gasteiger partial charge in [0, 0.05) is 6.42 Å². The van der Waals surface area contributed by atoms with Gasteiger partial charge < -0.3 is 9.47 Å². The highest BCUT2D eigenvalue weighted by molar-refractivity contribution is 6.01. The number of hydrogen-bond donors (Lipinski definition) is 0. The fraction of sp³-hybridized carbons (Fsp3) is 0.667. The molecule has 0 spiro atoms. The minimum atomic E-state index is -0.484. The highest BCUT2D eigenvalue weighted by atomic mass is 16.6. The summed E-state index contributed by atoms with van der Waals surface area (Å²) in [6.07, 6.45) is 0.407. The lowest BCUT2D eigenvalue weighted by Gasteiger charge is -2.06. The minimum absolute atomic E-state index is 0.0810. The van der Waals surface area contributed by atoms with Crippen molar-refractivity contribution >= 4 is 11.8 Å². The normalized spacial score (nSPS) is 20.3. The zero-order valence-corrected chi connectivity index (χ0v) is 10.2. The largest absolute Gasteiger partial charge is 0.483 e. The molecule has 0 aliphatic carbocycles. The highest BCUT2D eigenvalue weighted by Crippen LogP contribution is 2.24. The van der Waals surface area contributed by atoms with E-state index in [1.807, 2.05) is 20.8 Å². The summed E-state index contributed by atoms with van der Waals surface area (Å²) in [4.78, 5) is 23.1. The van der Waals surface area contributed by atoms with Crippen molar-refractivity contribution in [3.63, 3.8) is 0 Å². The molecule has 1 aliphatic heterocycles. The monoisotopic (exact) mass is 226 g/mol. The van der Waals surface area contributed by atoms with Crippen molar-refractivity contribution in [1.82, 2.24) is 0 Å². The molecular weight excluding hydrogens is 208 g/mol. The van der Waals surface area contributed by atoms with E-state index < -0.39 is 6.10 Å². The quantitative estimate of drug-likeness (QED) is 0.689. The summed E-state index contributed by atoms with van der Waals surface area (Å²) < 4.78 is 10.3. The third kappa shape index (κ3) is 2.84. The smallest absolute Gasteiger partial charge is 0.311 e. The maximum atomic E-state index is 11.7. The Morgan fingerprint density at radius 2 is 2.12 bits per heavy atom. The van der Waals surface area contributed by atoms with Crippen LogP contribution in [0, 0.1) is 5.92 Å². The number of carbonyl (C=O) groups is 2. The van der Waals surface area contributed by atoms with Crippen LogP contribution in [0.5, 0.6) is 0 Å². The van der Waals surface area contributed by atoms with Crippen LogP contribution in [0.4, 0.5) is 0 Å². The van der Waals surface area contributed by atoms with Gasteiger partial charge in [-0.1, -0.05) is 20.8 Å². The minimum Gasteiger partial charge on any atom is -0.483 e. The van der Waals surface area contributed by atoms with E-state index in [-0.39, 0.29) is 23.4 Å². The standard InChI is InChI=1S/C12H18O4/c1-5-9-11(14)12(8(4)15-9)16-10(13)6-7(2)3/h7,9H,5-6H2,1-4H3. The number of ether oxygens (including phenoxy) is 2. The number of carbonyl (C=O) groups excluding carboxylic acids is 2. The number of allylic oxidation sites excluding steroid dienone is 1. The van der Waals surface area contributed by atoms with E-state index >= 15 is 0 Å². The Hall–Kier alpha value is -1.32. The average Bonchev–Trinajstić information content (AvgIpc) is 2.44. The summed E-state index contributed by atoms with van der Waals surface area (Å²) in [5.41, 5.74) is 0. The zero-order chi connectivity index (χ0) is 12.3. The van der Waals surface area contributed by atoms with Crippen LogP contribution in [0.15, 0.2) is 11.5 Å². The van der Waals surface area contributed by atoms with Gasteiger partial charge in [0.25, 0.3) is 0 Å². The fourth-order valence-electron chi connectivity index (χ4n) is 1.52. The van der Waals surface area contributed by atoms with Crippen LogP contribution in [0.25, 0.3) is 0 Å². The first-order valence-electron chi connectivity index (χ1n) is 5.58. The predicted octanol–water partition coefficient (Wildman–Crippen LogP) is 2.19. The van der Waals surface area contributed by atoms with Gasteiger partial charge in [0.1, 0.15) is 5.76 Å². The van der Waals surface area contributed by atoms with Crippen LogP contribution in [0.3, 0.4) is 0 Å². The molecule has 0 aromatic heterocycles. The Morgan fingerprint density at radius 1 is 1.50 bits per heavy atom. The number of esters is 1. The third-order valence-electron chi connectivity index (χ3n) is 2.32. The highest BCUT2D eigenvalue weighted by Gasteiger charge is 2.34. The van der Waals surface area contributed by atoms with Crippen molar-refractivity contribution in [3.8, 4) is 0 Å². The second kappa shape index (κ2) is 5.14. The van der Waals surface area contributed by atoms with Crippen molar-refractivity contribution < 1.29 is 19.1 Å². The molecule has 1 aliphatic rings. The molecule has 0 saturated carbocycles. The number of ketones is 1. The van der Waals surface area contributed by atoms with E-state index in [2.05, 4.69) is 0 Å². The second-order valence-corrected chi connectivity index (χ2v) is 4.34. The summed E-state index contributed by atoms with van der Waals surface area (Å²) in [6.45, 7) is 7.34. The molecule has 0 amide bonds. The summed E-state index contributed by atoms with van der Waals surface area (Å²) >= 11 is 0. The van der Waals surface area contributed by atoms with E-state index in [1.54, 1.807) is 6.92 Å². The molecule has 0 aromatic rings. The molecule has 0 fully saturated rings. The summed E-state index contributed by atoms with van der Waals surface area (Å²) in [7, 11) is 0. The van der Waals surface area contributed by atoms with Gasteiger partial charge in [0.15, 0.2) is 6.10 Å². The number of Topliss-reactive ketones (excluding diaryl/α,β-unsaturated/α-hetero) is 1. The summed E-state index contributed by atoms with van der Waals surface area (Å²) in [6, 6.07) is 0. The van der Waals surface area contributed by atoms with E-state index in [1.165, 1.54) is 0 Å². The van der Waals surface area contributed by atoms with Crippen molar-refractivity contribution in [2.45, 2.75) is 46.6 Å². The van der Waals surface area contributed by atoms with Gasteiger partial charge in [-0.3, -0.25) is 9.59 Å². The molecule has 1 heterocycles. The van der Waals surface area contributed by atoms with Gasteiger partial charge in [0.05, 0.1) is 0 Å². The van der Waals surface area contributed by atoms with Crippen molar-refractivity contribution in [3.05, 3.63) is 11.5 Å². The Bertz CT molecular complexity index is 328. The molecule has 1 atom stereocenters. The predicted molar refractivity (Wildman–Crippen MR) is 58.4 cm³/mol. The lowest BCUT2D eigenvalue weighted by molar-refractivity contribution is -0.143. The SMILES string of the molecule is CCC1OC(C)=C(OC(=O)CC(C)C)C1=O. The van der Waals surface area contributed by atoms with Crippen LogP contribution in [0.1, 0.15) is 40.5 Å². The molecule has 1 rings (SSSR count).